The van der Waals surface area contributed by atoms with Crippen molar-refractivity contribution >= 4 is 5.91 Å². The topological polar surface area (TPSA) is 50.4 Å². The Labute approximate surface area is 103 Å². The van der Waals surface area contributed by atoms with E-state index in [1.165, 1.54) is 12.8 Å². The second kappa shape index (κ2) is 6.36. The highest BCUT2D eigenvalue weighted by atomic mass is 16.5. The molecule has 2 rings (SSSR count). The van der Waals surface area contributed by atoms with Crippen LogP contribution in [0.4, 0.5) is 0 Å². The summed E-state index contributed by atoms with van der Waals surface area (Å²) < 4.78 is 5.32. The molecule has 4 heteroatoms. The predicted molar refractivity (Wildman–Crippen MR) is 66.8 cm³/mol. The smallest absolute Gasteiger partial charge is 0.237 e. The van der Waals surface area contributed by atoms with Crippen molar-refractivity contribution in [3.8, 4) is 0 Å². The summed E-state index contributed by atoms with van der Waals surface area (Å²) in [6.45, 7) is 4.54. The Morgan fingerprint density at radius 1 is 1.35 bits per heavy atom. The maximum Gasteiger partial charge on any atom is 0.237 e. The average Bonchev–Trinajstić information content (AvgIpc) is 2.98. The van der Waals surface area contributed by atoms with Gasteiger partial charge in [-0.3, -0.25) is 4.79 Å². The van der Waals surface area contributed by atoms with Crippen LogP contribution in [0.1, 0.15) is 39.0 Å². The number of carbonyl (C=O) groups excluding carboxylic acids is 1. The zero-order valence-electron chi connectivity index (χ0n) is 10.7. The van der Waals surface area contributed by atoms with Crippen LogP contribution in [-0.2, 0) is 9.53 Å². The molecule has 0 aromatic heterocycles. The minimum Gasteiger partial charge on any atom is -0.381 e. The Morgan fingerprint density at radius 2 is 2.12 bits per heavy atom. The van der Waals surface area contributed by atoms with Gasteiger partial charge in [-0.1, -0.05) is 12.8 Å². The van der Waals surface area contributed by atoms with E-state index in [9.17, 15) is 4.79 Å². The SMILES string of the molecule is CC(NCC1CCOC1)C(=O)NC1CCCC1. The largest absolute Gasteiger partial charge is 0.381 e. The van der Waals surface area contributed by atoms with Crippen LogP contribution in [0.2, 0.25) is 0 Å². The average molecular weight is 240 g/mol. The lowest BCUT2D eigenvalue weighted by Gasteiger charge is -2.19. The van der Waals surface area contributed by atoms with Gasteiger partial charge in [0.2, 0.25) is 5.91 Å². The van der Waals surface area contributed by atoms with Gasteiger partial charge in [-0.25, -0.2) is 0 Å². The van der Waals surface area contributed by atoms with Gasteiger partial charge in [0.05, 0.1) is 12.6 Å². The highest BCUT2D eigenvalue weighted by Crippen LogP contribution is 2.17. The van der Waals surface area contributed by atoms with Crippen LogP contribution >= 0.6 is 0 Å². The van der Waals surface area contributed by atoms with Crippen molar-refractivity contribution in [2.75, 3.05) is 19.8 Å². The number of amides is 1. The van der Waals surface area contributed by atoms with Crippen LogP contribution < -0.4 is 10.6 Å². The third-order valence-electron chi connectivity index (χ3n) is 3.83. The van der Waals surface area contributed by atoms with Crippen LogP contribution in [0, 0.1) is 5.92 Å². The first-order valence-corrected chi connectivity index (χ1v) is 6.87. The standard InChI is InChI=1S/C13H24N2O2/c1-10(14-8-11-6-7-17-9-11)13(16)15-12-4-2-3-5-12/h10-12,14H,2-9H2,1H3,(H,15,16). The summed E-state index contributed by atoms with van der Waals surface area (Å²) in [6.07, 6.45) is 5.92. The van der Waals surface area contributed by atoms with Gasteiger partial charge < -0.3 is 15.4 Å². The fourth-order valence-corrected chi connectivity index (χ4v) is 2.58. The van der Waals surface area contributed by atoms with Crippen LogP contribution in [0.25, 0.3) is 0 Å². The molecule has 1 aliphatic heterocycles. The van der Waals surface area contributed by atoms with E-state index in [1.807, 2.05) is 6.92 Å². The molecule has 2 fully saturated rings. The number of ether oxygens (including phenoxy) is 1. The van der Waals surface area contributed by atoms with Crippen molar-refractivity contribution < 1.29 is 9.53 Å². The summed E-state index contributed by atoms with van der Waals surface area (Å²) >= 11 is 0. The van der Waals surface area contributed by atoms with E-state index >= 15 is 0 Å². The van der Waals surface area contributed by atoms with Gasteiger partial charge in [-0.2, -0.15) is 0 Å². The molecule has 17 heavy (non-hydrogen) atoms. The van der Waals surface area contributed by atoms with Crippen molar-refractivity contribution in [1.82, 2.24) is 10.6 Å². The first-order valence-electron chi connectivity index (χ1n) is 6.87. The third kappa shape index (κ3) is 3.96. The Bertz CT molecular complexity index is 246. The lowest BCUT2D eigenvalue weighted by Crippen LogP contribution is -2.46. The van der Waals surface area contributed by atoms with Crippen molar-refractivity contribution in [2.45, 2.75) is 51.1 Å². The number of hydrogen-bond acceptors (Lipinski definition) is 3. The molecule has 0 bridgehead atoms. The van der Waals surface area contributed by atoms with Crippen LogP contribution in [0.3, 0.4) is 0 Å². The molecule has 2 atom stereocenters. The minimum absolute atomic E-state index is 0.0869. The van der Waals surface area contributed by atoms with Crippen molar-refractivity contribution in [3.63, 3.8) is 0 Å². The second-order valence-electron chi connectivity index (χ2n) is 5.35. The molecule has 2 unspecified atom stereocenters. The lowest BCUT2D eigenvalue weighted by atomic mass is 10.1. The molecule has 0 radical (unpaired) electrons. The Hall–Kier alpha value is -0.610. The molecule has 1 aliphatic carbocycles. The number of rotatable bonds is 5. The van der Waals surface area contributed by atoms with E-state index in [4.69, 9.17) is 4.74 Å². The number of carbonyl (C=O) groups is 1. The quantitative estimate of drug-likeness (QED) is 0.755. The summed E-state index contributed by atoms with van der Waals surface area (Å²) in [4.78, 5) is 11.9. The molecule has 0 aromatic rings. The van der Waals surface area contributed by atoms with Gasteiger partial charge in [-0.05, 0) is 32.1 Å². The first kappa shape index (κ1) is 12.8. The molecular formula is C13H24N2O2. The first-order chi connectivity index (χ1) is 8.25. The maximum absolute atomic E-state index is 11.9. The van der Waals surface area contributed by atoms with E-state index < -0.39 is 0 Å². The zero-order valence-corrected chi connectivity index (χ0v) is 10.7. The van der Waals surface area contributed by atoms with E-state index in [-0.39, 0.29) is 11.9 Å². The molecule has 4 nitrogen and oxygen atoms in total. The van der Waals surface area contributed by atoms with Crippen LogP contribution in [0.5, 0.6) is 0 Å². The fourth-order valence-electron chi connectivity index (χ4n) is 2.58. The Kier molecular flexibility index (Phi) is 4.80. The normalized spacial score (nSPS) is 27.2. The van der Waals surface area contributed by atoms with Crippen molar-refractivity contribution in [3.05, 3.63) is 0 Å². The van der Waals surface area contributed by atoms with Crippen molar-refractivity contribution in [1.29, 1.82) is 0 Å². The van der Waals surface area contributed by atoms with Crippen LogP contribution in [-0.4, -0.2) is 37.7 Å². The maximum atomic E-state index is 11.9. The van der Waals surface area contributed by atoms with Gasteiger partial charge in [0.15, 0.2) is 0 Å². The highest BCUT2D eigenvalue weighted by Gasteiger charge is 2.22. The fraction of sp³-hybridized carbons (Fsp3) is 0.923. The lowest BCUT2D eigenvalue weighted by molar-refractivity contribution is -0.123. The van der Waals surface area contributed by atoms with E-state index in [0.717, 1.165) is 39.0 Å². The molecule has 1 amide bonds. The monoisotopic (exact) mass is 240 g/mol. The summed E-state index contributed by atoms with van der Waals surface area (Å²) in [5.74, 6) is 0.729. The van der Waals surface area contributed by atoms with Crippen molar-refractivity contribution in [2.24, 2.45) is 5.92 Å². The molecule has 2 aliphatic rings. The molecule has 0 aromatic carbocycles. The van der Waals surface area contributed by atoms with E-state index in [1.54, 1.807) is 0 Å². The Balaban J connectivity index is 1.63. The zero-order chi connectivity index (χ0) is 12.1. The second-order valence-corrected chi connectivity index (χ2v) is 5.35. The molecule has 1 heterocycles. The summed E-state index contributed by atoms with van der Waals surface area (Å²) in [5, 5.41) is 6.43. The van der Waals surface area contributed by atoms with E-state index in [2.05, 4.69) is 10.6 Å². The Morgan fingerprint density at radius 3 is 2.76 bits per heavy atom. The number of hydrogen-bond donors (Lipinski definition) is 2. The van der Waals surface area contributed by atoms with Gasteiger partial charge >= 0.3 is 0 Å². The molecule has 98 valence electrons. The molecule has 2 N–H and O–H groups in total. The van der Waals surface area contributed by atoms with Gasteiger partial charge in [0.25, 0.3) is 0 Å². The predicted octanol–water partition coefficient (Wildman–Crippen LogP) is 1.06. The summed E-state index contributed by atoms with van der Waals surface area (Å²) in [6, 6.07) is 0.331. The van der Waals surface area contributed by atoms with Gasteiger partial charge in [-0.15, -0.1) is 0 Å². The molecule has 1 saturated carbocycles. The summed E-state index contributed by atoms with van der Waals surface area (Å²) in [7, 11) is 0. The highest BCUT2D eigenvalue weighted by molar-refractivity contribution is 5.81. The third-order valence-corrected chi connectivity index (χ3v) is 3.83. The van der Waals surface area contributed by atoms with E-state index in [0.29, 0.717) is 12.0 Å². The summed E-state index contributed by atoms with van der Waals surface area (Å²) in [5.41, 5.74) is 0. The minimum atomic E-state index is -0.0869. The molecule has 0 spiro atoms. The number of nitrogens with one attached hydrogen (secondary N) is 2. The molecule has 1 saturated heterocycles. The van der Waals surface area contributed by atoms with Gasteiger partial charge in [0, 0.05) is 19.2 Å². The van der Waals surface area contributed by atoms with Gasteiger partial charge in [0.1, 0.15) is 0 Å². The molecular weight excluding hydrogens is 216 g/mol. The van der Waals surface area contributed by atoms with Crippen LogP contribution in [0.15, 0.2) is 0 Å².